The summed E-state index contributed by atoms with van der Waals surface area (Å²) in [6.45, 7) is 0. The fraction of sp³-hybridized carbons (Fsp3) is 0.231. The molecule has 0 aliphatic rings. The summed E-state index contributed by atoms with van der Waals surface area (Å²) in [5.74, 6) is -0.336. The zero-order chi connectivity index (χ0) is 14.8. The second kappa shape index (κ2) is 5.80. The standard InChI is InChI=1S/C13H11F4NOS/c14-12(15)13(16,17)19-9-5-3-8(4-6-9)11(18)10-2-1-7-20-10/h1-7,11-12H,18H2/t11-/m1/s1. The second-order valence-electron chi connectivity index (χ2n) is 4.03. The highest BCUT2D eigenvalue weighted by atomic mass is 32.1. The van der Waals surface area contributed by atoms with Gasteiger partial charge in [0.25, 0.3) is 0 Å². The molecule has 0 unspecified atom stereocenters. The van der Waals surface area contributed by atoms with Gasteiger partial charge in [-0.1, -0.05) is 18.2 Å². The van der Waals surface area contributed by atoms with Gasteiger partial charge in [-0.15, -0.1) is 11.3 Å². The monoisotopic (exact) mass is 305 g/mol. The Morgan fingerprint density at radius 3 is 2.25 bits per heavy atom. The van der Waals surface area contributed by atoms with Gasteiger partial charge in [-0.3, -0.25) is 0 Å². The van der Waals surface area contributed by atoms with E-state index >= 15 is 0 Å². The summed E-state index contributed by atoms with van der Waals surface area (Å²) in [4.78, 5) is 0.913. The van der Waals surface area contributed by atoms with Crippen LogP contribution in [-0.2, 0) is 0 Å². The van der Waals surface area contributed by atoms with E-state index in [9.17, 15) is 17.6 Å². The molecule has 2 nitrogen and oxygen atoms in total. The minimum absolute atomic E-state index is 0.336. The van der Waals surface area contributed by atoms with Crippen LogP contribution in [0.4, 0.5) is 17.6 Å². The van der Waals surface area contributed by atoms with E-state index in [-0.39, 0.29) is 11.8 Å². The van der Waals surface area contributed by atoms with E-state index in [4.69, 9.17) is 5.73 Å². The van der Waals surface area contributed by atoms with E-state index in [1.165, 1.54) is 35.6 Å². The van der Waals surface area contributed by atoms with Gasteiger partial charge in [0.15, 0.2) is 0 Å². The largest absolute Gasteiger partial charge is 0.461 e. The number of nitrogens with two attached hydrogens (primary N) is 1. The lowest BCUT2D eigenvalue weighted by Gasteiger charge is -2.17. The molecule has 0 saturated heterocycles. The van der Waals surface area contributed by atoms with Crippen molar-refractivity contribution in [2.24, 2.45) is 5.73 Å². The van der Waals surface area contributed by atoms with E-state index in [1.807, 2.05) is 17.5 Å². The Hall–Kier alpha value is -1.60. The number of thiophene rings is 1. The molecular formula is C13H11F4NOS. The highest BCUT2D eigenvalue weighted by Gasteiger charge is 2.43. The summed E-state index contributed by atoms with van der Waals surface area (Å²) in [5, 5.41) is 1.87. The van der Waals surface area contributed by atoms with Gasteiger partial charge in [0.1, 0.15) is 5.75 Å². The van der Waals surface area contributed by atoms with Crippen molar-refractivity contribution in [1.29, 1.82) is 0 Å². The molecule has 0 aliphatic carbocycles. The number of hydrogen-bond acceptors (Lipinski definition) is 3. The number of benzene rings is 1. The van der Waals surface area contributed by atoms with Gasteiger partial charge < -0.3 is 10.5 Å². The van der Waals surface area contributed by atoms with Crippen LogP contribution in [0.1, 0.15) is 16.5 Å². The van der Waals surface area contributed by atoms with Crippen molar-refractivity contribution in [3.05, 3.63) is 52.2 Å². The van der Waals surface area contributed by atoms with Crippen LogP contribution in [0, 0.1) is 0 Å². The quantitative estimate of drug-likeness (QED) is 0.846. The summed E-state index contributed by atoms with van der Waals surface area (Å²) < 4.78 is 53.4. The topological polar surface area (TPSA) is 35.2 Å². The lowest BCUT2D eigenvalue weighted by molar-refractivity contribution is -0.253. The maximum absolute atomic E-state index is 12.7. The molecule has 0 bridgehead atoms. The van der Waals surface area contributed by atoms with E-state index < -0.39 is 12.5 Å². The average molecular weight is 305 g/mol. The Morgan fingerprint density at radius 2 is 1.75 bits per heavy atom. The molecule has 108 valence electrons. The van der Waals surface area contributed by atoms with Crippen molar-refractivity contribution in [3.63, 3.8) is 0 Å². The Labute approximate surface area is 116 Å². The molecule has 0 fully saturated rings. The molecule has 1 aromatic carbocycles. The van der Waals surface area contributed by atoms with E-state index in [0.717, 1.165) is 4.88 Å². The minimum Gasteiger partial charge on any atom is -0.428 e. The zero-order valence-corrected chi connectivity index (χ0v) is 10.9. The van der Waals surface area contributed by atoms with Gasteiger partial charge in [0, 0.05) is 4.88 Å². The van der Waals surface area contributed by atoms with Crippen molar-refractivity contribution in [2.45, 2.75) is 18.6 Å². The summed E-state index contributed by atoms with van der Waals surface area (Å²) in [7, 11) is 0. The van der Waals surface area contributed by atoms with E-state index in [2.05, 4.69) is 4.74 Å². The molecule has 1 aromatic heterocycles. The van der Waals surface area contributed by atoms with Crippen LogP contribution in [0.25, 0.3) is 0 Å². The van der Waals surface area contributed by atoms with Crippen molar-refractivity contribution < 1.29 is 22.3 Å². The first-order valence-electron chi connectivity index (χ1n) is 5.64. The van der Waals surface area contributed by atoms with Crippen molar-refractivity contribution in [2.75, 3.05) is 0 Å². The van der Waals surface area contributed by atoms with E-state index in [1.54, 1.807) is 0 Å². The lowest BCUT2D eigenvalue weighted by atomic mass is 10.1. The van der Waals surface area contributed by atoms with Crippen molar-refractivity contribution >= 4 is 11.3 Å². The smallest absolute Gasteiger partial charge is 0.428 e. The molecule has 7 heteroatoms. The molecule has 0 spiro atoms. The fourth-order valence-electron chi connectivity index (χ4n) is 1.58. The van der Waals surface area contributed by atoms with Crippen molar-refractivity contribution in [1.82, 2.24) is 0 Å². The molecule has 2 aromatic rings. The van der Waals surface area contributed by atoms with Crippen LogP contribution >= 0.6 is 11.3 Å². The van der Waals surface area contributed by atoms with Crippen LogP contribution in [0.3, 0.4) is 0 Å². The first-order valence-corrected chi connectivity index (χ1v) is 6.52. The highest BCUT2D eigenvalue weighted by molar-refractivity contribution is 7.10. The van der Waals surface area contributed by atoms with Gasteiger partial charge in [0.05, 0.1) is 6.04 Å². The predicted molar refractivity (Wildman–Crippen MR) is 68.4 cm³/mol. The Bertz CT molecular complexity index is 542. The third-order valence-electron chi connectivity index (χ3n) is 2.60. The Morgan fingerprint density at radius 1 is 1.10 bits per heavy atom. The minimum atomic E-state index is -4.50. The lowest BCUT2D eigenvalue weighted by Crippen LogP contribution is -2.33. The normalized spacial score (nSPS) is 13.5. The third kappa shape index (κ3) is 3.29. The molecule has 0 amide bonds. The molecule has 0 aliphatic heterocycles. The predicted octanol–water partition coefficient (Wildman–Crippen LogP) is 4.03. The SMILES string of the molecule is N[C@H](c1ccc(OC(F)(F)C(F)F)cc1)c1cccs1. The van der Waals surface area contributed by atoms with Crippen LogP contribution < -0.4 is 10.5 Å². The third-order valence-corrected chi connectivity index (χ3v) is 3.55. The average Bonchev–Trinajstić information content (AvgIpc) is 2.92. The molecular weight excluding hydrogens is 294 g/mol. The summed E-state index contributed by atoms with van der Waals surface area (Å²) >= 11 is 1.47. The number of ether oxygens (including phenoxy) is 1. The molecule has 0 radical (unpaired) electrons. The summed E-state index contributed by atoms with van der Waals surface area (Å²) in [5.41, 5.74) is 6.67. The first-order chi connectivity index (χ1) is 9.40. The molecule has 20 heavy (non-hydrogen) atoms. The summed E-state index contributed by atoms with van der Waals surface area (Å²) in [6.07, 6.45) is -8.38. The number of hydrogen-bond donors (Lipinski definition) is 1. The van der Waals surface area contributed by atoms with Gasteiger partial charge in [-0.25, -0.2) is 0 Å². The van der Waals surface area contributed by atoms with Gasteiger partial charge in [-0.2, -0.15) is 17.6 Å². The second-order valence-corrected chi connectivity index (χ2v) is 5.01. The molecule has 2 N–H and O–H groups in total. The molecule has 2 rings (SSSR count). The maximum Gasteiger partial charge on any atom is 0.461 e. The van der Waals surface area contributed by atoms with Crippen LogP contribution in [0.2, 0.25) is 0 Å². The molecule has 1 atom stereocenters. The Balaban J connectivity index is 2.11. The molecule has 0 saturated carbocycles. The number of rotatable bonds is 5. The van der Waals surface area contributed by atoms with Gasteiger partial charge in [0.2, 0.25) is 0 Å². The fourth-order valence-corrected chi connectivity index (χ4v) is 2.33. The number of alkyl halides is 4. The highest BCUT2D eigenvalue weighted by Crippen LogP contribution is 2.29. The van der Waals surface area contributed by atoms with Gasteiger partial charge >= 0.3 is 12.5 Å². The van der Waals surface area contributed by atoms with Crippen LogP contribution in [-0.4, -0.2) is 12.5 Å². The maximum atomic E-state index is 12.7. The number of halogens is 4. The van der Waals surface area contributed by atoms with E-state index in [0.29, 0.717) is 5.56 Å². The van der Waals surface area contributed by atoms with Crippen LogP contribution in [0.15, 0.2) is 41.8 Å². The van der Waals surface area contributed by atoms with Crippen molar-refractivity contribution in [3.8, 4) is 5.75 Å². The molecule has 1 heterocycles. The summed E-state index contributed by atoms with van der Waals surface area (Å²) in [6, 6.07) is 8.64. The van der Waals surface area contributed by atoms with Gasteiger partial charge in [-0.05, 0) is 29.1 Å². The van der Waals surface area contributed by atoms with Crippen LogP contribution in [0.5, 0.6) is 5.75 Å². The first kappa shape index (κ1) is 14.8. The zero-order valence-electron chi connectivity index (χ0n) is 10.1. The Kier molecular flexibility index (Phi) is 4.29.